The van der Waals surface area contributed by atoms with Gasteiger partial charge in [0.1, 0.15) is 0 Å². The molecule has 0 aromatic rings. The zero-order valence-corrected chi connectivity index (χ0v) is 24.0. The molecule has 0 unspecified atom stereocenters. The Hall–Kier alpha value is 0.270. The summed E-state index contributed by atoms with van der Waals surface area (Å²) in [7, 11) is -2.12. The van der Waals surface area contributed by atoms with Crippen molar-refractivity contribution in [1.29, 1.82) is 0 Å². The summed E-state index contributed by atoms with van der Waals surface area (Å²) < 4.78 is 11.7. The van der Waals surface area contributed by atoms with E-state index in [9.17, 15) is 0 Å². The van der Waals surface area contributed by atoms with Crippen LogP contribution in [-0.4, -0.2) is 71.0 Å². The van der Waals surface area contributed by atoms with E-state index in [-0.39, 0.29) is 0 Å². The van der Waals surface area contributed by atoms with E-state index in [1.165, 1.54) is 77.3 Å². The molecule has 0 aromatic carbocycles. The number of nitrogens with zero attached hydrogens (tertiary/aromatic N) is 4. The Balaban J connectivity index is 6.01. The molecule has 0 aliphatic carbocycles. The molecular formula is C26H61N4P. The Morgan fingerprint density at radius 3 is 0.903 bits per heavy atom. The molecule has 0 amide bonds. The molecule has 31 heavy (non-hydrogen) atoms. The average Bonchev–Trinajstić information content (AvgIpc) is 2.79. The van der Waals surface area contributed by atoms with Gasteiger partial charge in [0.15, 0.2) is 0 Å². The van der Waals surface area contributed by atoms with Crippen LogP contribution in [-0.2, 0) is 0 Å². The van der Waals surface area contributed by atoms with Crippen LogP contribution in [0.15, 0.2) is 0 Å². The van der Waals surface area contributed by atoms with Gasteiger partial charge >= 0.3 is 199 Å². The summed E-state index contributed by atoms with van der Waals surface area (Å²) in [5.74, 6) is 0. The quantitative estimate of drug-likeness (QED) is 0.121. The fourth-order valence-electron chi connectivity index (χ4n) is 5.37. The van der Waals surface area contributed by atoms with Gasteiger partial charge in [-0.2, -0.15) is 0 Å². The van der Waals surface area contributed by atoms with E-state index >= 15 is 0 Å². The molecule has 190 valence electrons. The van der Waals surface area contributed by atoms with Crippen LogP contribution in [0.3, 0.4) is 0 Å². The van der Waals surface area contributed by atoms with Gasteiger partial charge in [0.05, 0.1) is 0 Å². The summed E-state index contributed by atoms with van der Waals surface area (Å²) in [6.07, 6.45) is 13.7. The molecule has 0 rings (SSSR count). The van der Waals surface area contributed by atoms with Gasteiger partial charge in [0.2, 0.25) is 0 Å². The van der Waals surface area contributed by atoms with Gasteiger partial charge in [-0.05, 0) is 0 Å². The molecule has 0 atom stereocenters. The van der Waals surface area contributed by atoms with Crippen LogP contribution in [0.25, 0.3) is 0 Å². The fourth-order valence-corrected chi connectivity index (χ4v) is 11.2. The van der Waals surface area contributed by atoms with Gasteiger partial charge in [-0.25, -0.2) is 0 Å². The molecule has 5 heteroatoms. The van der Waals surface area contributed by atoms with E-state index in [1.54, 1.807) is 0 Å². The van der Waals surface area contributed by atoms with Crippen LogP contribution in [0, 0.1) is 0 Å². The minimum absolute atomic E-state index is 1.15. The molecule has 0 heterocycles. The van der Waals surface area contributed by atoms with Crippen LogP contribution < -0.4 is 0 Å². The topological polar surface area (TPSA) is 13.0 Å². The van der Waals surface area contributed by atoms with Crippen molar-refractivity contribution in [3.05, 3.63) is 0 Å². The molecule has 0 saturated carbocycles. The van der Waals surface area contributed by atoms with Crippen molar-refractivity contribution in [3.63, 3.8) is 0 Å². The van der Waals surface area contributed by atoms with Gasteiger partial charge in [-0.15, -0.1) is 0 Å². The normalized spacial score (nSPS) is 13.3. The standard InChI is InChI=1S/C26H61N4P/c1-9-17-19-21-23-25-30(26-24-22-20-18-10-2)31(27(11-3)12-4,28(13-5)14-6)29(15-7)16-8/h31H,9-26H2,1-8H3. The van der Waals surface area contributed by atoms with E-state index in [0.717, 1.165) is 39.3 Å². The molecule has 0 fully saturated rings. The van der Waals surface area contributed by atoms with E-state index in [0.29, 0.717) is 0 Å². The monoisotopic (exact) mass is 460 g/mol. The van der Waals surface area contributed by atoms with Crippen molar-refractivity contribution in [2.45, 2.75) is 120 Å². The number of unbranched alkanes of at least 4 members (excludes halogenated alkanes) is 8. The van der Waals surface area contributed by atoms with E-state index in [2.05, 4.69) is 74.1 Å². The predicted octanol–water partition coefficient (Wildman–Crippen LogP) is 7.66. The maximum atomic E-state index is 3.03. The summed E-state index contributed by atoms with van der Waals surface area (Å²) in [5, 5.41) is 0. The Morgan fingerprint density at radius 1 is 0.355 bits per heavy atom. The van der Waals surface area contributed by atoms with Crippen LogP contribution >= 0.6 is 7.87 Å². The van der Waals surface area contributed by atoms with E-state index in [1.807, 2.05) is 0 Å². The van der Waals surface area contributed by atoms with Crippen molar-refractivity contribution in [2.75, 3.05) is 52.4 Å². The van der Waals surface area contributed by atoms with E-state index < -0.39 is 7.87 Å². The molecule has 0 aliphatic heterocycles. The zero-order chi connectivity index (χ0) is 23.5. The van der Waals surface area contributed by atoms with Crippen molar-refractivity contribution in [3.8, 4) is 0 Å². The van der Waals surface area contributed by atoms with Crippen molar-refractivity contribution < 1.29 is 0 Å². The fraction of sp³-hybridized carbons (Fsp3) is 1.00. The molecule has 0 radical (unpaired) electrons. The predicted molar refractivity (Wildman–Crippen MR) is 146 cm³/mol. The maximum absolute atomic E-state index is 3.03. The first-order chi connectivity index (χ1) is 15.1. The molecule has 0 aliphatic rings. The molecule has 0 saturated heterocycles. The molecule has 0 N–H and O–H groups in total. The van der Waals surface area contributed by atoms with Crippen LogP contribution in [0.4, 0.5) is 0 Å². The van der Waals surface area contributed by atoms with Crippen molar-refractivity contribution in [2.24, 2.45) is 0 Å². The van der Waals surface area contributed by atoms with Crippen molar-refractivity contribution >= 4 is 7.87 Å². The first-order valence-corrected chi connectivity index (χ1v) is 15.9. The van der Waals surface area contributed by atoms with Crippen LogP contribution in [0.1, 0.15) is 120 Å². The summed E-state index contributed by atoms with van der Waals surface area (Å²) in [5.41, 5.74) is 0. The third kappa shape index (κ3) is 9.57. The zero-order valence-electron chi connectivity index (χ0n) is 23.0. The summed E-state index contributed by atoms with van der Waals surface area (Å²) in [6, 6.07) is 0. The second kappa shape index (κ2) is 19.7. The van der Waals surface area contributed by atoms with Gasteiger partial charge in [-0.1, -0.05) is 0 Å². The molecular weight excluding hydrogens is 399 g/mol. The molecule has 0 bridgehead atoms. The summed E-state index contributed by atoms with van der Waals surface area (Å²) >= 11 is 0. The second-order valence-corrected chi connectivity index (χ2v) is 12.7. The Labute approximate surface area is 198 Å². The Morgan fingerprint density at radius 2 is 0.645 bits per heavy atom. The minimum atomic E-state index is -2.12. The van der Waals surface area contributed by atoms with Crippen LogP contribution in [0.5, 0.6) is 0 Å². The molecule has 0 spiro atoms. The number of rotatable bonds is 22. The summed E-state index contributed by atoms with van der Waals surface area (Å²) in [4.78, 5) is 0. The van der Waals surface area contributed by atoms with Gasteiger partial charge in [0, 0.05) is 0 Å². The van der Waals surface area contributed by atoms with Crippen LogP contribution in [0.2, 0.25) is 0 Å². The Bertz CT molecular complexity index is 336. The third-order valence-corrected chi connectivity index (χ3v) is 12.8. The molecule has 4 nitrogen and oxygen atoms in total. The molecule has 0 aromatic heterocycles. The second-order valence-electron chi connectivity index (χ2n) is 8.93. The number of hydrogen-bond donors (Lipinski definition) is 0. The van der Waals surface area contributed by atoms with E-state index in [4.69, 9.17) is 0 Å². The van der Waals surface area contributed by atoms with Gasteiger partial charge in [-0.3, -0.25) is 0 Å². The first kappa shape index (κ1) is 31.3. The number of hydrogen-bond acceptors (Lipinski definition) is 4. The first-order valence-electron chi connectivity index (χ1n) is 14.1. The third-order valence-electron chi connectivity index (χ3n) is 7.05. The Kier molecular flexibility index (Phi) is 19.9. The summed E-state index contributed by atoms with van der Waals surface area (Å²) in [6.45, 7) is 28.4. The average molecular weight is 461 g/mol. The van der Waals surface area contributed by atoms with Gasteiger partial charge in [0.25, 0.3) is 0 Å². The van der Waals surface area contributed by atoms with Gasteiger partial charge < -0.3 is 0 Å². The SMILES string of the molecule is CCCCCCCN(CCCCCCC)[PH](N(CC)CC)(N(CC)CC)N(CC)CC. The van der Waals surface area contributed by atoms with Crippen molar-refractivity contribution in [1.82, 2.24) is 18.7 Å².